The van der Waals surface area contributed by atoms with E-state index in [0.29, 0.717) is 0 Å². The average molecular weight is 170 g/mol. The number of aliphatic hydroxyl groups is 1. The zero-order valence-corrected chi connectivity index (χ0v) is 7.92. The van der Waals surface area contributed by atoms with Crippen molar-refractivity contribution in [3.8, 4) is 0 Å². The Morgan fingerprint density at radius 1 is 1.83 bits per heavy atom. The first-order valence-electron chi connectivity index (χ1n) is 4.53. The van der Waals surface area contributed by atoms with Crippen LogP contribution in [0, 0.1) is 5.92 Å². The van der Waals surface area contributed by atoms with Crippen molar-refractivity contribution in [2.75, 3.05) is 6.61 Å². The van der Waals surface area contributed by atoms with E-state index in [2.05, 4.69) is 6.58 Å². The van der Waals surface area contributed by atoms with Crippen molar-refractivity contribution in [3.63, 3.8) is 0 Å². The molecule has 0 amide bonds. The first-order valence-corrected chi connectivity index (χ1v) is 4.53. The zero-order chi connectivity index (χ0) is 9.19. The van der Waals surface area contributed by atoms with Gasteiger partial charge in [-0.3, -0.25) is 0 Å². The molecule has 1 heterocycles. The molecule has 0 aromatic rings. The standard InChI is InChI=1S/C10H18O2/c1-4-10(3)6-5-9(12-10)8(2)7-11/h4,8-9,11H,1,5-7H2,2-3H3/t8-,9+,10+/m0/s1. The fourth-order valence-corrected chi connectivity index (χ4v) is 1.56. The molecule has 2 nitrogen and oxygen atoms in total. The van der Waals surface area contributed by atoms with Crippen molar-refractivity contribution in [1.82, 2.24) is 0 Å². The van der Waals surface area contributed by atoms with Gasteiger partial charge in [0.1, 0.15) is 0 Å². The highest BCUT2D eigenvalue weighted by molar-refractivity contribution is 4.99. The lowest BCUT2D eigenvalue weighted by molar-refractivity contribution is -0.0305. The summed E-state index contributed by atoms with van der Waals surface area (Å²) in [4.78, 5) is 0. The van der Waals surface area contributed by atoms with E-state index in [9.17, 15) is 0 Å². The Labute approximate surface area is 74.2 Å². The Hall–Kier alpha value is -0.340. The van der Waals surface area contributed by atoms with Crippen molar-refractivity contribution in [2.45, 2.75) is 38.4 Å². The van der Waals surface area contributed by atoms with E-state index in [1.807, 2.05) is 19.9 Å². The lowest BCUT2D eigenvalue weighted by Crippen LogP contribution is -2.26. The fourth-order valence-electron chi connectivity index (χ4n) is 1.56. The Bertz CT molecular complexity index is 167. The van der Waals surface area contributed by atoms with Crippen LogP contribution < -0.4 is 0 Å². The molecule has 0 aliphatic carbocycles. The first kappa shape index (κ1) is 9.75. The van der Waals surface area contributed by atoms with Gasteiger partial charge in [0.2, 0.25) is 0 Å². The number of hydrogen-bond donors (Lipinski definition) is 1. The van der Waals surface area contributed by atoms with Crippen LogP contribution >= 0.6 is 0 Å². The smallest absolute Gasteiger partial charge is 0.0836 e. The van der Waals surface area contributed by atoms with Crippen LogP contribution in [-0.2, 0) is 4.74 Å². The second kappa shape index (κ2) is 3.58. The van der Waals surface area contributed by atoms with Gasteiger partial charge in [-0.25, -0.2) is 0 Å². The second-order valence-electron chi connectivity index (χ2n) is 3.87. The maximum Gasteiger partial charge on any atom is 0.0836 e. The molecular formula is C10H18O2. The van der Waals surface area contributed by atoms with Crippen LogP contribution in [0.4, 0.5) is 0 Å². The van der Waals surface area contributed by atoms with Crippen LogP contribution in [0.1, 0.15) is 26.7 Å². The molecule has 0 saturated carbocycles. The lowest BCUT2D eigenvalue weighted by atomic mass is 9.99. The lowest BCUT2D eigenvalue weighted by Gasteiger charge is -2.23. The van der Waals surface area contributed by atoms with Crippen LogP contribution in [0.3, 0.4) is 0 Å². The Morgan fingerprint density at radius 3 is 2.92 bits per heavy atom. The van der Waals surface area contributed by atoms with E-state index >= 15 is 0 Å². The van der Waals surface area contributed by atoms with Gasteiger partial charge in [-0.2, -0.15) is 0 Å². The van der Waals surface area contributed by atoms with Crippen molar-refractivity contribution < 1.29 is 9.84 Å². The zero-order valence-electron chi connectivity index (χ0n) is 7.92. The molecule has 70 valence electrons. The van der Waals surface area contributed by atoms with Crippen LogP contribution in [0.2, 0.25) is 0 Å². The molecule has 1 aliphatic rings. The molecule has 12 heavy (non-hydrogen) atoms. The van der Waals surface area contributed by atoms with E-state index in [1.165, 1.54) is 0 Å². The minimum atomic E-state index is -0.159. The largest absolute Gasteiger partial charge is 0.396 e. The van der Waals surface area contributed by atoms with Gasteiger partial charge in [0.15, 0.2) is 0 Å². The van der Waals surface area contributed by atoms with E-state index in [0.717, 1.165) is 12.8 Å². The van der Waals surface area contributed by atoms with Gasteiger partial charge in [0.05, 0.1) is 11.7 Å². The van der Waals surface area contributed by atoms with Crippen LogP contribution in [0.25, 0.3) is 0 Å². The summed E-state index contributed by atoms with van der Waals surface area (Å²) < 4.78 is 5.77. The molecule has 0 bridgehead atoms. The maximum absolute atomic E-state index is 8.93. The van der Waals surface area contributed by atoms with E-state index in [4.69, 9.17) is 9.84 Å². The number of aliphatic hydroxyl groups excluding tert-OH is 1. The van der Waals surface area contributed by atoms with E-state index in [-0.39, 0.29) is 24.2 Å². The van der Waals surface area contributed by atoms with E-state index in [1.54, 1.807) is 0 Å². The second-order valence-corrected chi connectivity index (χ2v) is 3.87. The third-order valence-corrected chi connectivity index (χ3v) is 2.70. The molecule has 1 N–H and O–H groups in total. The van der Waals surface area contributed by atoms with Gasteiger partial charge < -0.3 is 9.84 Å². The predicted octanol–water partition coefficient (Wildman–Crippen LogP) is 1.74. The molecule has 0 radical (unpaired) electrons. The summed E-state index contributed by atoms with van der Waals surface area (Å²) in [6.07, 6.45) is 4.12. The maximum atomic E-state index is 8.93. The highest BCUT2D eigenvalue weighted by atomic mass is 16.5. The molecular weight excluding hydrogens is 152 g/mol. The summed E-state index contributed by atoms with van der Waals surface area (Å²) in [5.41, 5.74) is -0.159. The Kier molecular flexibility index (Phi) is 2.91. The van der Waals surface area contributed by atoms with Crippen LogP contribution in [-0.4, -0.2) is 23.4 Å². The third kappa shape index (κ3) is 1.87. The van der Waals surface area contributed by atoms with Crippen molar-refractivity contribution in [2.24, 2.45) is 5.92 Å². The van der Waals surface area contributed by atoms with Gasteiger partial charge in [-0.15, -0.1) is 6.58 Å². The highest BCUT2D eigenvalue weighted by Gasteiger charge is 2.35. The molecule has 1 fully saturated rings. The van der Waals surface area contributed by atoms with Gasteiger partial charge in [-0.1, -0.05) is 13.0 Å². The summed E-state index contributed by atoms with van der Waals surface area (Å²) in [6.45, 7) is 8.01. The summed E-state index contributed by atoms with van der Waals surface area (Å²) >= 11 is 0. The monoisotopic (exact) mass is 170 g/mol. The quantitative estimate of drug-likeness (QED) is 0.654. The summed E-state index contributed by atoms with van der Waals surface area (Å²) in [7, 11) is 0. The SMILES string of the molecule is C=C[C@]1(C)CC[C@H]([C@@H](C)CO)O1. The Balaban J connectivity index is 2.50. The number of rotatable bonds is 3. The Morgan fingerprint density at radius 2 is 2.50 bits per heavy atom. The van der Waals surface area contributed by atoms with Crippen LogP contribution in [0.15, 0.2) is 12.7 Å². The van der Waals surface area contributed by atoms with Crippen LogP contribution in [0.5, 0.6) is 0 Å². The molecule has 0 aromatic carbocycles. The fraction of sp³-hybridized carbons (Fsp3) is 0.800. The topological polar surface area (TPSA) is 29.5 Å². The van der Waals surface area contributed by atoms with Gasteiger partial charge >= 0.3 is 0 Å². The summed E-state index contributed by atoms with van der Waals surface area (Å²) in [6, 6.07) is 0. The van der Waals surface area contributed by atoms with Crippen molar-refractivity contribution >= 4 is 0 Å². The first-order chi connectivity index (χ1) is 5.61. The third-order valence-electron chi connectivity index (χ3n) is 2.70. The van der Waals surface area contributed by atoms with Gasteiger partial charge in [-0.05, 0) is 19.8 Å². The van der Waals surface area contributed by atoms with Crippen molar-refractivity contribution in [3.05, 3.63) is 12.7 Å². The van der Waals surface area contributed by atoms with Gasteiger partial charge in [0, 0.05) is 12.5 Å². The van der Waals surface area contributed by atoms with E-state index < -0.39 is 0 Å². The molecule has 3 atom stereocenters. The van der Waals surface area contributed by atoms with Gasteiger partial charge in [0.25, 0.3) is 0 Å². The molecule has 1 aliphatic heterocycles. The molecule has 0 aromatic heterocycles. The molecule has 1 saturated heterocycles. The molecule has 2 heteroatoms. The van der Waals surface area contributed by atoms with Crippen molar-refractivity contribution in [1.29, 1.82) is 0 Å². The minimum absolute atomic E-state index is 0.159. The molecule has 1 rings (SSSR count). The summed E-state index contributed by atoms with van der Waals surface area (Å²) in [5.74, 6) is 0.242. The highest BCUT2D eigenvalue weighted by Crippen LogP contribution is 2.33. The minimum Gasteiger partial charge on any atom is -0.396 e. The predicted molar refractivity (Wildman–Crippen MR) is 49.0 cm³/mol. The normalized spacial score (nSPS) is 38.1. The molecule has 0 spiro atoms. The average Bonchev–Trinajstić information content (AvgIpc) is 2.48. The molecule has 0 unspecified atom stereocenters. The number of ether oxygens (including phenoxy) is 1. The summed E-state index contributed by atoms with van der Waals surface area (Å²) in [5, 5.41) is 8.93. The number of hydrogen-bond acceptors (Lipinski definition) is 2.